The number of rotatable bonds is 5. The van der Waals surface area contributed by atoms with E-state index in [2.05, 4.69) is 0 Å². The van der Waals surface area contributed by atoms with Gasteiger partial charge in [-0.25, -0.2) is 4.39 Å². The predicted octanol–water partition coefficient (Wildman–Crippen LogP) is 3.50. The minimum Gasteiger partial charge on any atom is -0.384 e. The van der Waals surface area contributed by atoms with E-state index in [1.165, 1.54) is 12.1 Å². The lowest BCUT2D eigenvalue weighted by Crippen LogP contribution is -2.12. The van der Waals surface area contributed by atoms with Gasteiger partial charge in [0.1, 0.15) is 11.9 Å². The van der Waals surface area contributed by atoms with E-state index < -0.39 is 6.10 Å². The summed E-state index contributed by atoms with van der Waals surface area (Å²) in [4.78, 5) is 2.03. The summed E-state index contributed by atoms with van der Waals surface area (Å²) >= 11 is 0. The quantitative estimate of drug-likeness (QED) is 0.909. The van der Waals surface area contributed by atoms with Gasteiger partial charge < -0.3 is 10.0 Å². The van der Waals surface area contributed by atoms with Crippen molar-refractivity contribution in [1.82, 2.24) is 4.90 Å². The van der Waals surface area contributed by atoms with Crippen LogP contribution in [0.1, 0.15) is 17.2 Å². The monoisotopic (exact) mass is 285 g/mol. The van der Waals surface area contributed by atoms with Crippen LogP contribution in [0.4, 0.5) is 4.39 Å². The van der Waals surface area contributed by atoms with Crippen molar-refractivity contribution in [3.63, 3.8) is 0 Å². The van der Waals surface area contributed by atoms with Gasteiger partial charge in [0.05, 0.1) is 0 Å². The molecule has 0 bridgehead atoms. The van der Waals surface area contributed by atoms with Crippen LogP contribution >= 0.6 is 0 Å². The molecular formula is C18H20FNO. The average molecular weight is 285 g/mol. The summed E-state index contributed by atoms with van der Waals surface area (Å²) in [5.74, 6) is -0.301. The van der Waals surface area contributed by atoms with Gasteiger partial charge >= 0.3 is 0 Å². The van der Waals surface area contributed by atoms with E-state index in [9.17, 15) is 9.50 Å². The molecule has 2 nitrogen and oxygen atoms in total. The fraction of sp³-hybridized carbons (Fsp3) is 0.222. The normalized spacial score (nSPS) is 13.5. The van der Waals surface area contributed by atoms with Gasteiger partial charge in [-0.3, -0.25) is 0 Å². The molecule has 0 aliphatic heterocycles. The molecule has 0 aliphatic rings. The second-order valence-electron chi connectivity index (χ2n) is 5.24. The molecule has 0 saturated heterocycles. The third-order valence-corrected chi connectivity index (χ3v) is 3.26. The van der Waals surface area contributed by atoms with Crippen LogP contribution < -0.4 is 0 Å². The third-order valence-electron chi connectivity index (χ3n) is 3.26. The summed E-state index contributed by atoms with van der Waals surface area (Å²) in [6, 6.07) is 15.7. The molecule has 0 fully saturated rings. The first kappa shape index (κ1) is 15.4. The Kier molecular flexibility index (Phi) is 5.26. The Morgan fingerprint density at radius 1 is 1.10 bits per heavy atom. The number of benzene rings is 2. The molecule has 1 atom stereocenters. The maximum atomic E-state index is 13.0. The molecule has 2 rings (SSSR count). The number of hydrogen-bond acceptors (Lipinski definition) is 2. The van der Waals surface area contributed by atoms with Crippen LogP contribution in [0.3, 0.4) is 0 Å². The smallest absolute Gasteiger partial charge is 0.123 e. The van der Waals surface area contributed by atoms with E-state index >= 15 is 0 Å². The highest BCUT2D eigenvalue weighted by molar-refractivity contribution is 5.70. The molecule has 0 radical (unpaired) electrons. The summed E-state index contributed by atoms with van der Waals surface area (Å²) in [7, 11) is 3.95. The molecule has 1 N–H and O–H groups in total. The van der Waals surface area contributed by atoms with Crippen molar-refractivity contribution in [1.29, 1.82) is 0 Å². The van der Waals surface area contributed by atoms with E-state index in [-0.39, 0.29) is 5.82 Å². The Morgan fingerprint density at radius 3 is 2.29 bits per heavy atom. The van der Waals surface area contributed by atoms with Crippen LogP contribution in [-0.4, -0.2) is 30.6 Å². The molecule has 2 aromatic rings. The Balaban J connectivity index is 2.35. The summed E-state index contributed by atoms with van der Waals surface area (Å²) in [6.45, 7) is 0.725. The summed E-state index contributed by atoms with van der Waals surface area (Å²) in [5.41, 5.74) is 2.48. The van der Waals surface area contributed by atoms with Crippen molar-refractivity contribution in [3.8, 4) is 0 Å². The Hall–Kier alpha value is -1.97. The zero-order chi connectivity index (χ0) is 15.2. The molecule has 21 heavy (non-hydrogen) atoms. The maximum absolute atomic E-state index is 13.0. The topological polar surface area (TPSA) is 23.5 Å². The lowest BCUT2D eigenvalue weighted by Gasteiger charge is -2.17. The average Bonchev–Trinajstić information content (AvgIpc) is 2.49. The van der Waals surface area contributed by atoms with Crippen molar-refractivity contribution < 1.29 is 9.50 Å². The van der Waals surface area contributed by atoms with E-state index in [4.69, 9.17) is 0 Å². The molecule has 0 amide bonds. The Morgan fingerprint density at radius 2 is 1.71 bits per heavy atom. The molecule has 0 aliphatic carbocycles. The van der Waals surface area contributed by atoms with Gasteiger partial charge in [0, 0.05) is 6.54 Å². The third kappa shape index (κ3) is 4.25. The van der Waals surface area contributed by atoms with Gasteiger partial charge in [-0.15, -0.1) is 0 Å². The number of nitrogens with zero attached hydrogens (tertiary/aromatic N) is 1. The highest BCUT2D eigenvalue weighted by atomic mass is 19.1. The van der Waals surface area contributed by atoms with Gasteiger partial charge in [0.25, 0.3) is 0 Å². The first-order valence-corrected chi connectivity index (χ1v) is 6.91. The van der Waals surface area contributed by atoms with E-state index in [1.54, 1.807) is 12.1 Å². The summed E-state index contributed by atoms with van der Waals surface area (Å²) in [5, 5.41) is 10.6. The highest BCUT2D eigenvalue weighted by Gasteiger charge is 2.15. The summed E-state index contributed by atoms with van der Waals surface area (Å²) < 4.78 is 13.0. The molecule has 0 saturated carbocycles. The highest BCUT2D eigenvalue weighted by Crippen LogP contribution is 2.29. The number of halogens is 1. The Labute approximate surface area is 125 Å². The minimum atomic E-state index is -0.770. The Bertz CT molecular complexity index is 590. The first-order valence-electron chi connectivity index (χ1n) is 6.91. The van der Waals surface area contributed by atoms with Crippen molar-refractivity contribution in [3.05, 3.63) is 77.6 Å². The minimum absolute atomic E-state index is 0.301. The van der Waals surface area contributed by atoms with Gasteiger partial charge in [0.15, 0.2) is 0 Å². The molecule has 0 heterocycles. The number of hydrogen-bond donors (Lipinski definition) is 1. The fourth-order valence-electron chi connectivity index (χ4n) is 2.12. The number of aliphatic hydroxyl groups excluding tert-OH is 1. The van der Waals surface area contributed by atoms with Crippen LogP contribution in [0.2, 0.25) is 0 Å². The number of likely N-dealkylation sites (N-methyl/N-ethyl adjacent to an activating group) is 1. The first-order chi connectivity index (χ1) is 10.1. The molecule has 1 unspecified atom stereocenters. The van der Waals surface area contributed by atoms with Crippen LogP contribution in [-0.2, 0) is 0 Å². The second-order valence-corrected chi connectivity index (χ2v) is 5.24. The van der Waals surface area contributed by atoms with Crippen molar-refractivity contribution in [2.45, 2.75) is 6.10 Å². The largest absolute Gasteiger partial charge is 0.384 e. The van der Waals surface area contributed by atoms with Gasteiger partial charge in [0.2, 0.25) is 0 Å². The van der Waals surface area contributed by atoms with Crippen LogP contribution in [0, 0.1) is 5.82 Å². The molecular weight excluding hydrogens is 265 g/mol. The zero-order valence-corrected chi connectivity index (χ0v) is 12.3. The zero-order valence-electron chi connectivity index (χ0n) is 12.3. The van der Waals surface area contributed by atoms with Crippen molar-refractivity contribution in [2.75, 3.05) is 20.6 Å². The van der Waals surface area contributed by atoms with Crippen molar-refractivity contribution >= 4 is 5.57 Å². The predicted molar refractivity (Wildman–Crippen MR) is 84.3 cm³/mol. The van der Waals surface area contributed by atoms with Crippen LogP contribution in [0.15, 0.2) is 60.7 Å². The standard InChI is InChI=1S/C18H20FNO/c1-20(2)13-12-17(14-6-4-3-5-7-14)18(21)15-8-10-16(19)11-9-15/h3-12,18,21H,13H2,1-2H3/b17-12+. The van der Waals surface area contributed by atoms with Gasteiger partial charge in [-0.05, 0) is 42.9 Å². The van der Waals surface area contributed by atoms with E-state index in [0.717, 1.165) is 17.7 Å². The second kappa shape index (κ2) is 7.16. The van der Waals surface area contributed by atoms with Gasteiger partial charge in [-0.2, -0.15) is 0 Å². The molecule has 110 valence electrons. The number of aliphatic hydroxyl groups is 1. The van der Waals surface area contributed by atoms with E-state index in [1.807, 2.05) is 55.4 Å². The van der Waals surface area contributed by atoms with Crippen LogP contribution in [0.25, 0.3) is 5.57 Å². The summed E-state index contributed by atoms with van der Waals surface area (Å²) in [6.07, 6.45) is 1.23. The fourth-order valence-corrected chi connectivity index (χ4v) is 2.12. The maximum Gasteiger partial charge on any atom is 0.123 e. The lowest BCUT2D eigenvalue weighted by molar-refractivity contribution is 0.237. The van der Waals surface area contributed by atoms with Crippen LogP contribution in [0.5, 0.6) is 0 Å². The lowest BCUT2D eigenvalue weighted by atomic mass is 9.95. The molecule has 0 spiro atoms. The molecule has 0 aromatic heterocycles. The molecule has 2 aromatic carbocycles. The van der Waals surface area contributed by atoms with Crippen molar-refractivity contribution in [2.24, 2.45) is 0 Å². The van der Waals surface area contributed by atoms with E-state index in [0.29, 0.717) is 5.56 Å². The SMILES string of the molecule is CN(C)C/C=C(\c1ccccc1)C(O)c1ccc(F)cc1. The molecule has 3 heteroatoms. The van der Waals surface area contributed by atoms with Gasteiger partial charge in [-0.1, -0.05) is 48.5 Å².